The van der Waals surface area contributed by atoms with E-state index in [9.17, 15) is 0 Å². The minimum atomic E-state index is 0.811. The molecular weight excluding hydrogens is 514 g/mol. The van der Waals surface area contributed by atoms with Gasteiger partial charge in [0.2, 0.25) is 0 Å². The van der Waals surface area contributed by atoms with E-state index < -0.39 is 0 Å². The fraction of sp³-hybridized carbons (Fsp3) is 0. The predicted octanol–water partition coefficient (Wildman–Crippen LogP) is 8.89. The molecule has 5 heteroatoms. The number of hydrogen-bond acceptors (Lipinski definition) is 3. The molecule has 0 N–H and O–H groups in total. The molecule has 0 unspecified atom stereocenters. The molecule has 0 aliphatic carbocycles. The minimum absolute atomic E-state index is 0.811. The first kappa shape index (κ1) is 22.9. The Hall–Kier alpha value is -5.81. The van der Waals surface area contributed by atoms with Crippen LogP contribution in [-0.2, 0) is 0 Å². The van der Waals surface area contributed by atoms with Gasteiger partial charge in [0.15, 0.2) is 5.82 Å². The van der Waals surface area contributed by atoms with Gasteiger partial charge in [0.05, 0.1) is 33.1 Å². The SMILES string of the molecule is c1ccc(-c2nc3ccccc3nc2-n2c3ccccc3c3cc4c5ccccc5n(-c5ccccn5)c4cc32)cc1. The van der Waals surface area contributed by atoms with Crippen LogP contribution in [0, 0.1) is 0 Å². The lowest BCUT2D eigenvalue weighted by atomic mass is 10.1. The van der Waals surface area contributed by atoms with Crippen LogP contribution in [0.5, 0.6) is 0 Å². The first-order chi connectivity index (χ1) is 20.8. The van der Waals surface area contributed by atoms with Crippen molar-refractivity contribution in [2.45, 2.75) is 0 Å². The van der Waals surface area contributed by atoms with Crippen LogP contribution >= 0.6 is 0 Å². The van der Waals surface area contributed by atoms with Gasteiger partial charge in [-0.15, -0.1) is 0 Å². The molecule has 0 aliphatic rings. The summed E-state index contributed by atoms with van der Waals surface area (Å²) in [6.45, 7) is 0. The first-order valence-corrected chi connectivity index (χ1v) is 14.1. The normalized spacial score (nSPS) is 11.8. The van der Waals surface area contributed by atoms with Crippen LogP contribution in [0.1, 0.15) is 0 Å². The number of para-hydroxylation sites is 4. The van der Waals surface area contributed by atoms with Gasteiger partial charge in [0.25, 0.3) is 0 Å². The van der Waals surface area contributed by atoms with Gasteiger partial charge >= 0.3 is 0 Å². The van der Waals surface area contributed by atoms with E-state index in [0.717, 1.165) is 56.0 Å². The smallest absolute Gasteiger partial charge is 0.165 e. The second kappa shape index (κ2) is 8.85. The molecule has 0 radical (unpaired) electrons. The molecule has 42 heavy (non-hydrogen) atoms. The highest BCUT2D eigenvalue weighted by molar-refractivity contribution is 6.19. The van der Waals surface area contributed by atoms with Crippen LogP contribution in [0.2, 0.25) is 0 Å². The van der Waals surface area contributed by atoms with Crippen molar-refractivity contribution in [2.75, 3.05) is 0 Å². The molecule has 5 nitrogen and oxygen atoms in total. The molecule has 0 saturated carbocycles. The molecular formula is C37H23N5. The standard InChI is InChI=1S/C37H23N5/c1-2-12-24(13-3-1)36-37(40-30-17-7-6-16-29(30)39-36)42-32-19-9-5-15-26(32)28-22-27-25-14-4-8-18-31(25)41(33(27)23-34(28)42)35-20-10-11-21-38-35/h1-23H. The van der Waals surface area contributed by atoms with E-state index >= 15 is 0 Å². The van der Waals surface area contributed by atoms with Crippen molar-refractivity contribution in [3.8, 4) is 22.9 Å². The second-order valence-corrected chi connectivity index (χ2v) is 10.5. The number of rotatable bonds is 3. The minimum Gasteiger partial charge on any atom is -0.294 e. The third kappa shape index (κ3) is 3.28. The lowest BCUT2D eigenvalue weighted by Gasteiger charge is -2.14. The van der Waals surface area contributed by atoms with Gasteiger partial charge in [-0.05, 0) is 48.5 Å². The zero-order valence-corrected chi connectivity index (χ0v) is 22.5. The first-order valence-electron chi connectivity index (χ1n) is 14.1. The summed E-state index contributed by atoms with van der Waals surface area (Å²) >= 11 is 0. The summed E-state index contributed by atoms with van der Waals surface area (Å²) in [5.41, 5.74) is 8.01. The average Bonchev–Trinajstić information content (AvgIpc) is 3.56. The van der Waals surface area contributed by atoms with Crippen molar-refractivity contribution >= 4 is 54.6 Å². The molecule has 9 rings (SSSR count). The van der Waals surface area contributed by atoms with E-state index in [2.05, 4.69) is 100 Å². The number of fused-ring (bicyclic) bond motifs is 7. The third-order valence-corrected chi connectivity index (χ3v) is 8.16. The monoisotopic (exact) mass is 537 g/mol. The fourth-order valence-corrected chi connectivity index (χ4v) is 6.33. The van der Waals surface area contributed by atoms with Gasteiger partial charge in [-0.1, -0.05) is 84.9 Å². The van der Waals surface area contributed by atoms with Crippen molar-refractivity contribution in [3.63, 3.8) is 0 Å². The molecule has 9 aromatic rings. The van der Waals surface area contributed by atoms with Crippen LogP contribution in [0.4, 0.5) is 0 Å². The molecule has 0 bridgehead atoms. The van der Waals surface area contributed by atoms with E-state index in [1.807, 2.05) is 48.7 Å². The molecule has 0 atom stereocenters. The van der Waals surface area contributed by atoms with Crippen LogP contribution in [0.3, 0.4) is 0 Å². The Labute approximate surface area is 241 Å². The van der Waals surface area contributed by atoms with E-state index in [-0.39, 0.29) is 0 Å². The van der Waals surface area contributed by atoms with Crippen LogP contribution < -0.4 is 0 Å². The second-order valence-electron chi connectivity index (χ2n) is 10.5. The quantitative estimate of drug-likeness (QED) is 0.226. The molecule has 5 aromatic carbocycles. The number of pyridine rings is 1. The van der Waals surface area contributed by atoms with Gasteiger partial charge < -0.3 is 0 Å². The highest BCUT2D eigenvalue weighted by Crippen LogP contribution is 2.40. The molecule has 0 aliphatic heterocycles. The molecule has 0 amide bonds. The van der Waals surface area contributed by atoms with Crippen molar-refractivity contribution in [1.29, 1.82) is 0 Å². The summed E-state index contributed by atoms with van der Waals surface area (Å²) in [7, 11) is 0. The third-order valence-electron chi connectivity index (χ3n) is 8.16. The van der Waals surface area contributed by atoms with Gasteiger partial charge in [0, 0.05) is 33.3 Å². The number of benzene rings is 5. The Morgan fingerprint density at radius 3 is 1.74 bits per heavy atom. The summed E-state index contributed by atoms with van der Waals surface area (Å²) < 4.78 is 4.54. The van der Waals surface area contributed by atoms with Gasteiger partial charge in [-0.3, -0.25) is 9.13 Å². The number of hydrogen-bond donors (Lipinski definition) is 0. The maximum absolute atomic E-state index is 5.28. The molecule has 4 heterocycles. The molecule has 196 valence electrons. The lowest BCUT2D eigenvalue weighted by Crippen LogP contribution is -2.04. The predicted molar refractivity (Wildman–Crippen MR) is 171 cm³/mol. The Balaban J connectivity index is 1.47. The molecule has 0 fully saturated rings. The maximum Gasteiger partial charge on any atom is 0.165 e. The zero-order valence-electron chi connectivity index (χ0n) is 22.5. The van der Waals surface area contributed by atoms with Crippen LogP contribution in [-0.4, -0.2) is 24.1 Å². The molecule has 0 saturated heterocycles. The van der Waals surface area contributed by atoms with E-state index in [4.69, 9.17) is 15.0 Å². The summed E-state index contributed by atoms with van der Waals surface area (Å²) in [5.74, 6) is 1.70. The van der Waals surface area contributed by atoms with Crippen molar-refractivity contribution in [2.24, 2.45) is 0 Å². The lowest BCUT2D eigenvalue weighted by molar-refractivity contribution is 1.07. The van der Waals surface area contributed by atoms with E-state index in [0.29, 0.717) is 0 Å². The van der Waals surface area contributed by atoms with Gasteiger partial charge in [0.1, 0.15) is 11.5 Å². The Kier molecular flexibility index (Phi) is 4.83. The number of aromatic nitrogens is 5. The number of nitrogens with zero attached hydrogens (tertiary/aromatic N) is 5. The molecule has 4 aromatic heterocycles. The average molecular weight is 538 g/mol. The Morgan fingerprint density at radius 2 is 1.02 bits per heavy atom. The van der Waals surface area contributed by atoms with E-state index in [1.54, 1.807) is 0 Å². The zero-order chi connectivity index (χ0) is 27.6. The maximum atomic E-state index is 5.28. The highest BCUT2D eigenvalue weighted by atomic mass is 15.1. The largest absolute Gasteiger partial charge is 0.294 e. The fourth-order valence-electron chi connectivity index (χ4n) is 6.33. The Morgan fingerprint density at radius 1 is 0.429 bits per heavy atom. The Bertz CT molecular complexity index is 2450. The topological polar surface area (TPSA) is 48.5 Å². The van der Waals surface area contributed by atoms with Crippen LogP contribution in [0.25, 0.3) is 77.5 Å². The summed E-state index contributed by atoms with van der Waals surface area (Å²) in [4.78, 5) is 15.2. The van der Waals surface area contributed by atoms with Crippen LogP contribution in [0.15, 0.2) is 140 Å². The molecule has 0 spiro atoms. The van der Waals surface area contributed by atoms with Gasteiger partial charge in [-0.2, -0.15) is 0 Å². The van der Waals surface area contributed by atoms with Crippen molar-refractivity contribution in [1.82, 2.24) is 24.1 Å². The van der Waals surface area contributed by atoms with Crippen molar-refractivity contribution in [3.05, 3.63) is 140 Å². The summed E-state index contributed by atoms with van der Waals surface area (Å²) in [5, 5.41) is 4.75. The van der Waals surface area contributed by atoms with E-state index in [1.165, 1.54) is 21.5 Å². The van der Waals surface area contributed by atoms with Gasteiger partial charge in [-0.25, -0.2) is 15.0 Å². The highest BCUT2D eigenvalue weighted by Gasteiger charge is 2.21. The van der Waals surface area contributed by atoms with Crippen molar-refractivity contribution < 1.29 is 0 Å². The summed E-state index contributed by atoms with van der Waals surface area (Å²) in [6, 6.07) is 46.3. The summed E-state index contributed by atoms with van der Waals surface area (Å²) in [6.07, 6.45) is 1.85.